The molecule has 3 heterocycles. The van der Waals surface area contributed by atoms with Crippen molar-refractivity contribution in [3.63, 3.8) is 0 Å². The zero-order chi connectivity index (χ0) is 31.1. The third kappa shape index (κ3) is 3.69. The molecule has 47 heavy (non-hydrogen) atoms. The van der Waals surface area contributed by atoms with Gasteiger partial charge in [-0.1, -0.05) is 97.1 Å². The number of nitrogens with zero attached hydrogens (tertiary/aromatic N) is 3. The summed E-state index contributed by atoms with van der Waals surface area (Å²) in [6.45, 7) is 7.85. The Morgan fingerprint density at radius 1 is 0.447 bits per heavy atom. The van der Waals surface area contributed by atoms with Crippen molar-refractivity contribution in [3.8, 4) is 22.5 Å². The van der Waals surface area contributed by atoms with Gasteiger partial charge < -0.3 is 13.6 Å². The van der Waals surface area contributed by atoms with Gasteiger partial charge in [-0.15, -0.1) is 0 Å². The molecule has 0 N–H and O–H groups in total. The Balaban J connectivity index is 1.25. The molecule has 10 aromatic rings. The molecular weight excluding hydrogens is 574 g/mol. The molecule has 0 fully saturated rings. The minimum Gasteiger partial charge on any atom is -0.456 e. The number of benzene rings is 7. The van der Waals surface area contributed by atoms with Gasteiger partial charge in [-0.05, 0) is 60.2 Å². The number of furan rings is 1. The molecule has 0 atom stereocenters. The summed E-state index contributed by atoms with van der Waals surface area (Å²) in [5.41, 5.74) is 11.1. The van der Waals surface area contributed by atoms with E-state index in [1.807, 2.05) is 24.3 Å². The van der Waals surface area contributed by atoms with Crippen molar-refractivity contribution < 1.29 is 4.42 Å². The van der Waals surface area contributed by atoms with Gasteiger partial charge in [0.25, 0.3) is 0 Å². The molecule has 0 aliphatic carbocycles. The average Bonchev–Trinajstić information content (AvgIpc) is 3.78. The van der Waals surface area contributed by atoms with E-state index >= 15 is 0 Å². The molecule has 0 amide bonds. The minimum absolute atomic E-state index is 0.612. The summed E-state index contributed by atoms with van der Waals surface area (Å²) in [7, 11) is 0. The monoisotopic (exact) mass is 599 g/mol. The molecule has 0 bridgehead atoms. The number of hydrogen-bond donors (Lipinski definition) is 0. The van der Waals surface area contributed by atoms with Gasteiger partial charge in [0.1, 0.15) is 11.2 Å². The van der Waals surface area contributed by atoms with Gasteiger partial charge in [0.2, 0.25) is 0 Å². The smallest absolute Gasteiger partial charge is 0.189 e. The van der Waals surface area contributed by atoms with E-state index in [0.29, 0.717) is 5.69 Å². The van der Waals surface area contributed by atoms with Crippen LogP contribution >= 0.6 is 0 Å². The Bertz CT molecular complexity index is 2880. The fourth-order valence-corrected chi connectivity index (χ4v) is 7.48. The molecule has 7 aromatic carbocycles. The summed E-state index contributed by atoms with van der Waals surface area (Å²) in [6, 6.07) is 53.1. The molecule has 3 aromatic heterocycles. The summed E-state index contributed by atoms with van der Waals surface area (Å²) in [4.78, 5) is 3.83. The van der Waals surface area contributed by atoms with Crippen LogP contribution in [0.5, 0.6) is 0 Å². The third-order valence-electron chi connectivity index (χ3n) is 9.52. The maximum atomic E-state index is 7.85. The quantitative estimate of drug-likeness (QED) is 0.186. The summed E-state index contributed by atoms with van der Waals surface area (Å²) in [5, 5.41) is 6.95. The number of aromatic nitrogens is 2. The van der Waals surface area contributed by atoms with Crippen LogP contribution in [0.2, 0.25) is 0 Å². The lowest BCUT2D eigenvalue weighted by Gasteiger charge is -2.16. The molecule has 0 spiro atoms. The van der Waals surface area contributed by atoms with E-state index in [0.717, 1.165) is 71.9 Å². The summed E-state index contributed by atoms with van der Waals surface area (Å²) >= 11 is 0. The Kier molecular flexibility index (Phi) is 5.32. The SMILES string of the molecule is [C-]#[N+]c1ccc(-c2cccc(-n3c4ccccc4c4cc5oc6ccccc6c5cc43)c2)c(-n2c3ccccc3c3ccccc32)c1. The Hall–Kier alpha value is -6.57. The molecule has 0 radical (unpaired) electrons. The Morgan fingerprint density at radius 2 is 1.09 bits per heavy atom. The van der Waals surface area contributed by atoms with Crippen LogP contribution < -0.4 is 0 Å². The predicted octanol–water partition coefficient (Wildman–Crippen LogP) is 12.0. The predicted molar refractivity (Wildman–Crippen MR) is 194 cm³/mol. The number of hydrogen-bond acceptors (Lipinski definition) is 1. The fourth-order valence-electron chi connectivity index (χ4n) is 7.48. The molecular formula is C43H25N3O. The first-order chi connectivity index (χ1) is 23.3. The second kappa shape index (κ2) is 9.71. The molecule has 0 aliphatic rings. The maximum Gasteiger partial charge on any atom is 0.189 e. The van der Waals surface area contributed by atoms with E-state index in [2.05, 4.69) is 141 Å². The lowest BCUT2D eigenvalue weighted by atomic mass is 10.0. The largest absolute Gasteiger partial charge is 0.456 e. The number of fused-ring (bicyclic) bond motifs is 9. The molecule has 4 heteroatoms. The first-order valence-electron chi connectivity index (χ1n) is 15.7. The van der Waals surface area contributed by atoms with Crippen molar-refractivity contribution >= 4 is 71.2 Å². The van der Waals surface area contributed by atoms with Crippen LogP contribution in [0.1, 0.15) is 0 Å². The van der Waals surface area contributed by atoms with Crippen molar-refractivity contribution in [1.29, 1.82) is 0 Å². The number of rotatable bonds is 3. The van der Waals surface area contributed by atoms with E-state index < -0.39 is 0 Å². The van der Waals surface area contributed by atoms with E-state index in [1.54, 1.807) is 0 Å². The normalized spacial score (nSPS) is 11.8. The topological polar surface area (TPSA) is 27.4 Å². The van der Waals surface area contributed by atoms with Gasteiger partial charge in [-0.25, -0.2) is 4.85 Å². The average molecular weight is 600 g/mol. The fraction of sp³-hybridized carbons (Fsp3) is 0. The van der Waals surface area contributed by atoms with Gasteiger partial charge in [-0.3, -0.25) is 0 Å². The van der Waals surface area contributed by atoms with E-state index in [1.165, 1.54) is 16.2 Å². The molecule has 0 saturated carbocycles. The van der Waals surface area contributed by atoms with Crippen LogP contribution in [0, 0.1) is 6.57 Å². The lowest BCUT2D eigenvalue weighted by molar-refractivity contribution is 0.669. The van der Waals surface area contributed by atoms with Crippen molar-refractivity contribution in [2.75, 3.05) is 0 Å². The second-order valence-electron chi connectivity index (χ2n) is 12.0. The molecule has 0 unspecified atom stereocenters. The van der Waals surface area contributed by atoms with Gasteiger partial charge in [0.05, 0.1) is 28.6 Å². The van der Waals surface area contributed by atoms with Crippen molar-refractivity contribution in [2.24, 2.45) is 0 Å². The standard InChI is InChI=1S/C43H25N3O/c1-44-28-21-22-30(40(24-28)46-38-18-7-2-13-31(38)32-14-3-8-19-39(32)46)27-11-10-12-29(23-27)45-37-17-6-4-15-33(37)35-26-43-36(25-41(35)45)34-16-5-9-20-42(34)47-43/h2-26H. The minimum atomic E-state index is 0.612. The van der Waals surface area contributed by atoms with Crippen LogP contribution in [-0.4, -0.2) is 9.13 Å². The van der Waals surface area contributed by atoms with E-state index in [4.69, 9.17) is 11.0 Å². The first-order valence-corrected chi connectivity index (χ1v) is 15.7. The van der Waals surface area contributed by atoms with Gasteiger partial charge >= 0.3 is 0 Å². The summed E-state index contributed by atoms with van der Waals surface area (Å²) in [6.07, 6.45) is 0. The van der Waals surface area contributed by atoms with Crippen molar-refractivity contribution in [1.82, 2.24) is 9.13 Å². The van der Waals surface area contributed by atoms with Crippen LogP contribution in [-0.2, 0) is 0 Å². The van der Waals surface area contributed by atoms with Crippen LogP contribution in [0.3, 0.4) is 0 Å². The van der Waals surface area contributed by atoms with Crippen LogP contribution in [0.4, 0.5) is 5.69 Å². The summed E-state index contributed by atoms with van der Waals surface area (Å²) < 4.78 is 11.0. The first kappa shape index (κ1) is 25.7. The van der Waals surface area contributed by atoms with Gasteiger partial charge in [0, 0.05) is 49.3 Å². The Labute approximate surface area is 269 Å². The molecule has 218 valence electrons. The summed E-state index contributed by atoms with van der Waals surface area (Å²) in [5.74, 6) is 0. The lowest BCUT2D eigenvalue weighted by Crippen LogP contribution is -1.98. The van der Waals surface area contributed by atoms with Crippen molar-refractivity contribution in [2.45, 2.75) is 0 Å². The zero-order valence-electron chi connectivity index (χ0n) is 25.2. The maximum absolute atomic E-state index is 7.85. The number of para-hydroxylation sites is 4. The molecule has 10 rings (SSSR count). The van der Waals surface area contributed by atoms with E-state index in [9.17, 15) is 0 Å². The Morgan fingerprint density at radius 3 is 1.81 bits per heavy atom. The molecule has 4 nitrogen and oxygen atoms in total. The molecule has 0 saturated heterocycles. The van der Waals surface area contributed by atoms with E-state index in [-0.39, 0.29) is 0 Å². The van der Waals surface area contributed by atoms with Crippen LogP contribution in [0.25, 0.3) is 92.9 Å². The van der Waals surface area contributed by atoms with Gasteiger partial charge in [0.15, 0.2) is 5.69 Å². The van der Waals surface area contributed by atoms with Gasteiger partial charge in [-0.2, -0.15) is 0 Å². The molecule has 0 aliphatic heterocycles. The third-order valence-corrected chi connectivity index (χ3v) is 9.52. The highest BCUT2D eigenvalue weighted by molar-refractivity contribution is 6.17. The highest BCUT2D eigenvalue weighted by Crippen LogP contribution is 2.41. The highest BCUT2D eigenvalue weighted by Gasteiger charge is 2.19. The van der Waals surface area contributed by atoms with Crippen molar-refractivity contribution in [3.05, 3.63) is 163 Å². The zero-order valence-corrected chi connectivity index (χ0v) is 25.2. The van der Waals surface area contributed by atoms with Crippen LogP contribution in [0.15, 0.2) is 156 Å². The second-order valence-corrected chi connectivity index (χ2v) is 12.0. The highest BCUT2D eigenvalue weighted by atomic mass is 16.3.